The van der Waals surface area contributed by atoms with Gasteiger partial charge in [-0.15, -0.1) is 0 Å². The molecule has 0 spiro atoms. The van der Waals surface area contributed by atoms with Gasteiger partial charge in [0.05, 0.1) is 6.61 Å². The summed E-state index contributed by atoms with van der Waals surface area (Å²) in [6.07, 6.45) is 2.12. The van der Waals surface area contributed by atoms with Crippen molar-refractivity contribution in [1.82, 2.24) is 5.32 Å². The Hall–Kier alpha value is -1.42. The summed E-state index contributed by atoms with van der Waals surface area (Å²) >= 11 is 0. The van der Waals surface area contributed by atoms with Gasteiger partial charge in [0, 0.05) is 6.04 Å². The predicted molar refractivity (Wildman–Crippen MR) is 61.9 cm³/mol. The van der Waals surface area contributed by atoms with Crippen LogP contribution in [0.5, 0.6) is 0 Å². The van der Waals surface area contributed by atoms with Crippen molar-refractivity contribution in [1.29, 1.82) is 0 Å². The van der Waals surface area contributed by atoms with Crippen LogP contribution in [-0.2, 0) is 9.53 Å². The van der Waals surface area contributed by atoms with Crippen LogP contribution >= 0.6 is 0 Å². The van der Waals surface area contributed by atoms with Crippen molar-refractivity contribution in [3.63, 3.8) is 0 Å². The molecule has 1 N–H and O–H groups in total. The Morgan fingerprint density at radius 3 is 2.94 bits per heavy atom. The van der Waals surface area contributed by atoms with Crippen LogP contribution in [0, 0.1) is 5.82 Å². The Labute approximate surface area is 100.0 Å². The van der Waals surface area contributed by atoms with E-state index >= 15 is 0 Å². The molecule has 3 nitrogen and oxygen atoms in total. The summed E-state index contributed by atoms with van der Waals surface area (Å²) in [7, 11) is 0. The topological polar surface area (TPSA) is 38.3 Å². The highest BCUT2D eigenvalue weighted by atomic mass is 19.1. The van der Waals surface area contributed by atoms with Gasteiger partial charge in [-0.2, -0.15) is 0 Å². The van der Waals surface area contributed by atoms with E-state index in [9.17, 15) is 9.18 Å². The zero-order valence-corrected chi connectivity index (χ0v) is 9.78. The maximum atomic E-state index is 13.1. The summed E-state index contributed by atoms with van der Waals surface area (Å²) < 4.78 is 18.2. The SMILES string of the molecule is CCOC(=O)C(NC1CC1)c1cccc(F)c1. The second-order valence-electron chi connectivity index (χ2n) is 4.18. The Morgan fingerprint density at radius 2 is 2.35 bits per heavy atom. The molecule has 0 amide bonds. The zero-order valence-electron chi connectivity index (χ0n) is 9.78. The van der Waals surface area contributed by atoms with Gasteiger partial charge in [-0.25, -0.2) is 9.18 Å². The van der Waals surface area contributed by atoms with Crippen molar-refractivity contribution in [2.75, 3.05) is 6.61 Å². The molecule has 0 aliphatic heterocycles. The van der Waals surface area contributed by atoms with E-state index in [1.807, 2.05) is 0 Å². The molecule has 1 aromatic rings. The number of carbonyl (C=O) groups excluding carboxylic acids is 1. The Bertz CT molecular complexity index is 404. The fourth-order valence-corrected chi connectivity index (χ4v) is 1.70. The molecule has 0 aromatic heterocycles. The van der Waals surface area contributed by atoms with Crippen LogP contribution in [0.25, 0.3) is 0 Å². The number of ether oxygens (including phenoxy) is 1. The first-order valence-corrected chi connectivity index (χ1v) is 5.89. The van der Waals surface area contributed by atoms with Gasteiger partial charge in [-0.05, 0) is 37.5 Å². The average molecular weight is 237 g/mol. The number of hydrogen-bond acceptors (Lipinski definition) is 3. The summed E-state index contributed by atoms with van der Waals surface area (Å²) in [5, 5.41) is 3.18. The number of benzene rings is 1. The van der Waals surface area contributed by atoms with Crippen molar-refractivity contribution in [2.45, 2.75) is 31.8 Å². The summed E-state index contributed by atoms with van der Waals surface area (Å²) in [5.74, 6) is -0.681. The van der Waals surface area contributed by atoms with Crippen LogP contribution in [0.1, 0.15) is 31.4 Å². The number of hydrogen-bond donors (Lipinski definition) is 1. The van der Waals surface area contributed by atoms with E-state index in [-0.39, 0.29) is 11.8 Å². The molecule has 1 atom stereocenters. The molecule has 0 bridgehead atoms. The van der Waals surface area contributed by atoms with Crippen molar-refractivity contribution < 1.29 is 13.9 Å². The molecule has 0 saturated heterocycles. The second-order valence-corrected chi connectivity index (χ2v) is 4.18. The maximum absolute atomic E-state index is 13.1. The van der Waals surface area contributed by atoms with E-state index in [1.54, 1.807) is 19.1 Å². The van der Waals surface area contributed by atoms with Gasteiger partial charge < -0.3 is 4.74 Å². The summed E-state index contributed by atoms with van der Waals surface area (Å²) in [5.41, 5.74) is 0.621. The smallest absolute Gasteiger partial charge is 0.327 e. The summed E-state index contributed by atoms with van der Waals surface area (Å²) in [4.78, 5) is 11.8. The van der Waals surface area contributed by atoms with Gasteiger partial charge in [0.1, 0.15) is 11.9 Å². The first kappa shape index (κ1) is 12.0. The molecule has 92 valence electrons. The molecule has 1 fully saturated rings. The van der Waals surface area contributed by atoms with Crippen LogP contribution in [-0.4, -0.2) is 18.6 Å². The Morgan fingerprint density at radius 1 is 1.59 bits per heavy atom. The second kappa shape index (κ2) is 5.27. The monoisotopic (exact) mass is 237 g/mol. The minimum absolute atomic E-state index is 0.330. The predicted octanol–water partition coefficient (Wildman–Crippen LogP) is 2.18. The van der Waals surface area contributed by atoms with E-state index < -0.39 is 6.04 Å². The molecule has 1 aromatic carbocycles. The number of nitrogens with one attached hydrogen (secondary N) is 1. The Balaban J connectivity index is 2.15. The van der Waals surface area contributed by atoms with Gasteiger partial charge in [0.25, 0.3) is 0 Å². The average Bonchev–Trinajstić information content (AvgIpc) is 3.10. The quantitative estimate of drug-likeness (QED) is 0.798. The minimum atomic E-state index is -0.557. The van der Waals surface area contributed by atoms with Crippen molar-refractivity contribution in [3.8, 4) is 0 Å². The molecule has 4 heteroatoms. The molecule has 17 heavy (non-hydrogen) atoms. The van der Waals surface area contributed by atoms with Crippen LogP contribution in [0.4, 0.5) is 4.39 Å². The molecule has 1 aliphatic rings. The minimum Gasteiger partial charge on any atom is -0.465 e. The standard InChI is InChI=1S/C13H16FNO2/c1-2-17-13(16)12(15-11-6-7-11)9-4-3-5-10(14)8-9/h3-5,8,11-12,15H,2,6-7H2,1H3. The zero-order chi connectivity index (χ0) is 12.3. The number of esters is 1. The summed E-state index contributed by atoms with van der Waals surface area (Å²) in [6, 6.07) is 5.87. The van der Waals surface area contributed by atoms with Gasteiger partial charge in [-0.3, -0.25) is 5.32 Å². The molecule has 0 radical (unpaired) electrons. The molecular weight excluding hydrogens is 221 g/mol. The fraction of sp³-hybridized carbons (Fsp3) is 0.462. The molecule has 2 rings (SSSR count). The van der Waals surface area contributed by atoms with Crippen molar-refractivity contribution in [2.24, 2.45) is 0 Å². The van der Waals surface area contributed by atoms with Crippen molar-refractivity contribution in [3.05, 3.63) is 35.6 Å². The fourth-order valence-electron chi connectivity index (χ4n) is 1.70. The first-order chi connectivity index (χ1) is 8.20. The van der Waals surface area contributed by atoms with E-state index in [0.717, 1.165) is 12.8 Å². The van der Waals surface area contributed by atoms with Crippen LogP contribution < -0.4 is 5.32 Å². The number of carbonyl (C=O) groups is 1. The molecule has 0 heterocycles. The third-order valence-corrected chi connectivity index (χ3v) is 2.68. The normalized spacial score (nSPS) is 16.6. The summed E-state index contributed by atoms with van der Waals surface area (Å²) in [6.45, 7) is 2.09. The number of rotatable bonds is 5. The van der Waals surface area contributed by atoms with Gasteiger partial charge >= 0.3 is 5.97 Å². The molecule has 1 aliphatic carbocycles. The lowest BCUT2D eigenvalue weighted by atomic mass is 10.1. The van der Waals surface area contributed by atoms with E-state index in [2.05, 4.69) is 5.32 Å². The van der Waals surface area contributed by atoms with Crippen LogP contribution in [0.15, 0.2) is 24.3 Å². The molecular formula is C13H16FNO2. The van der Waals surface area contributed by atoms with Gasteiger partial charge in [0.2, 0.25) is 0 Å². The van der Waals surface area contributed by atoms with Crippen LogP contribution in [0.2, 0.25) is 0 Å². The maximum Gasteiger partial charge on any atom is 0.327 e. The van der Waals surface area contributed by atoms with Gasteiger partial charge in [0.15, 0.2) is 0 Å². The number of halogens is 1. The third kappa shape index (κ3) is 3.27. The lowest BCUT2D eigenvalue weighted by molar-refractivity contribution is -0.145. The van der Waals surface area contributed by atoms with Crippen molar-refractivity contribution >= 4 is 5.97 Å². The highest BCUT2D eigenvalue weighted by Crippen LogP contribution is 2.25. The van der Waals surface area contributed by atoms with Crippen LogP contribution in [0.3, 0.4) is 0 Å². The lowest BCUT2D eigenvalue weighted by Gasteiger charge is -2.17. The highest BCUT2D eigenvalue weighted by Gasteiger charge is 2.30. The van der Waals surface area contributed by atoms with E-state index in [0.29, 0.717) is 18.2 Å². The molecule has 1 unspecified atom stereocenters. The highest BCUT2D eigenvalue weighted by molar-refractivity contribution is 5.77. The molecule has 1 saturated carbocycles. The lowest BCUT2D eigenvalue weighted by Crippen LogP contribution is -2.31. The first-order valence-electron chi connectivity index (χ1n) is 5.89. The van der Waals surface area contributed by atoms with Gasteiger partial charge in [-0.1, -0.05) is 12.1 Å². The van der Waals surface area contributed by atoms with E-state index in [4.69, 9.17) is 4.74 Å². The third-order valence-electron chi connectivity index (χ3n) is 2.68. The van der Waals surface area contributed by atoms with E-state index in [1.165, 1.54) is 12.1 Å². The largest absolute Gasteiger partial charge is 0.465 e. The Kier molecular flexibility index (Phi) is 3.74.